The second-order valence-corrected chi connectivity index (χ2v) is 6.21. The number of carbonyl (C=O) groups excluding carboxylic acids is 1. The minimum Gasteiger partial charge on any atom is -0.507 e. The van der Waals surface area contributed by atoms with E-state index in [0.29, 0.717) is 6.54 Å². The average molecular weight is 330 g/mol. The molecule has 0 radical (unpaired) electrons. The highest BCUT2D eigenvalue weighted by Crippen LogP contribution is 2.36. The first-order valence-electron chi connectivity index (χ1n) is 8.08. The van der Waals surface area contributed by atoms with E-state index in [-0.39, 0.29) is 17.4 Å². The fourth-order valence-electron chi connectivity index (χ4n) is 3.50. The molecule has 1 aromatic carbocycles. The maximum absolute atomic E-state index is 11.7. The number of benzene rings is 1. The predicted molar refractivity (Wildman–Crippen MR) is 87.8 cm³/mol. The van der Waals surface area contributed by atoms with Crippen molar-refractivity contribution >= 4 is 5.97 Å². The molecule has 6 nitrogen and oxygen atoms in total. The second-order valence-electron chi connectivity index (χ2n) is 6.21. The third-order valence-electron chi connectivity index (χ3n) is 4.64. The molecule has 0 bridgehead atoms. The van der Waals surface area contributed by atoms with Gasteiger partial charge >= 0.3 is 5.97 Å². The summed E-state index contributed by atoms with van der Waals surface area (Å²) in [5.74, 6) is 0.276. The van der Waals surface area contributed by atoms with Gasteiger partial charge in [0, 0.05) is 18.2 Å². The molecule has 3 rings (SSSR count). The Morgan fingerprint density at radius 3 is 2.92 bits per heavy atom. The number of likely N-dealkylation sites (tertiary alicyclic amines) is 1. The van der Waals surface area contributed by atoms with Crippen LogP contribution in [0.2, 0.25) is 0 Å². The number of hydrogen-bond acceptors (Lipinski definition) is 6. The van der Waals surface area contributed by atoms with Crippen LogP contribution in [0.4, 0.5) is 0 Å². The Bertz CT molecular complexity index is 734. The van der Waals surface area contributed by atoms with Gasteiger partial charge in [0.15, 0.2) is 0 Å². The van der Waals surface area contributed by atoms with Crippen LogP contribution in [0.1, 0.15) is 51.8 Å². The molecular formula is C18H22N2O4. The van der Waals surface area contributed by atoms with E-state index in [4.69, 9.17) is 9.26 Å². The van der Waals surface area contributed by atoms with Crippen molar-refractivity contribution in [3.63, 3.8) is 0 Å². The van der Waals surface area contributed by atoms with Crippen LogP contribution >= 0.6 is 0 Å². The Balaban J connectivity index is 1.84. The van der Waals surface area contributed by atoms with Crippen LogP contribution in [-0.4, -0.2) is 34.8 Å². The van der Waals surface area contributed by atoms with Crippen molar-refractivity contribution in [2.45, 2.75) is 39.3 Å². The molecule has 1 aliphatic heterocycles. The van der Waals surface area contributed by atoms with Gasteiger partial charge in [-0.1, -0.05) is 11.2 Å². The third-order valence-corrected chi connectivity index (χ3v) is 4.64. The van der Waals surface area contributed by atoms with E-state index >= 15 is 0 Å². The first-order chi connectivity index (χ1) is 11.5. The number of aromatic nitrogens is 1. The molecule has 1 fully saturated rings. The first-order valence-corrected chi connectivity index (χ1v) is 8.08. The average Bonchev–Trinajstić information content (AvgIpc) is 3.14. The van der Waals surface area contributed by atoms with E-state index in [1.165, 1.54) is 12.7 Å². The first kappa shape index (κ1) is 16.5. The summed E-state index contributed by atoms with van der Waals surface area (Å²) in [7, 11) is 1.31. The van der Waals surface area contributed by atoms with Crippen LogP contribution in [0.25, 0.3) is 0 Å². The number of phenols is 1. The molecule has 0 amide bonds. The number of esters is 1. The summed E-state index contributed by atoms with van der Waals surface area (Å²) in [6.07, 6.45) is 2.17. The van der Waals surface area contributed by atoms with Crippen molar-refractivity contribution in [2.75, 3.05) is 13.7 Å². The number of carbonyl (C=O) groups is 1. The molecule has 1 aliphatic rings. The summed E-state index contributed by atoms with van der Waals surface area (Å²) in [4.78, 5) is 14.1. The quantitative estimate of drug-likeness (QED) is 0.868. The smallest absolute Gasteiger partial charge is 0.341 e. The minimum absolute atomic E-state index is 0.0608. The lowest BCUT2D eigenvalue weighted by atomic mass is 10.0. The summed E-state index contributed by atoms with van der Waals surface area (Å²) in [6.45, 7) is 5.59. The number of hydrogen-bond donors (Lipinski definition) is 1. The zero-order valence-corrected chi connectivity index (χ0v) is 14.2. The van der Waals surface area contributed by atoms with E-state index in [9.17, 15) is 9.90 Å². The van der Waals surface area contributed by atoms with Gasteiger partial charge in [-0.25, -0.2) is 4.79 Å². The normalized spacial score (nSPS) is 18.0. The maximum atomic E-state index is 11.7. The summed E-state index contributed by atoms with van der Waals surface area (Å²) in [5, 5.41) is 13.9. The molecule has 6 heteroatoms. The standard InChI is InChI=1S/C18H22N2O4/c1-11-17(12(2)24-19-11)15-5-4-8-20(15)10-13-6-7-16(21)14(9-13)18(22)23-3/h6-7,9,15,21H,4-5,8,10H2,1-3H3/t15-/m1/s1. The lowest BCUT2D eigenvalue weighted by Gasteiger charge is -2.24. The maximum Gasteiger partial charge on any atom is 0.341 e. The van der Waals surface area contributed by atoms with Gasteiger partial charge in [0.05, 0.1) is 12.8 Å². The molecule has 0 spiro atoms. The number of phenolic OH excluding ortho intramolecular Hbond substituents is 1. The molecule has 0 unspecified atom stereocenters. The topological polar surface area (TPSA) is 75.8 Å². The monoisotopic (exact) mass is 330 g/mol. The van der Waals surface area contributed by atoms with Crippen molar-refractivity contribution in [1.82, 2.24) is 10.1 Å². The molecule has 2 aromatic rings. The van der Waals surface area contributed by atoms with Crippen LogP contribution in [0.5, 0.6) is 5.75 Å². The van der Waals surface area contributed by atoms with Crippen molar-refractivity contribution in [3.8, 4) is 5.75 Å². The number of aryl methyl sites for hydroxylation is 2. The number of ether oxygens (including phenoxy) is 1. The van der Waals surface area contributed by atoms with Gasteiger partial charge in [0.25, 0.3) is 0 Å². The fourth-order valence-corrected chi connectivity index (χ4v) is 3.50. The van der Waals surface area contributed by atoms with Crippen LogP contribution in [0.15, 0.2) is 22.7 Å². The molecule has 0 saturated carbocycles. The van der Waals surface area contributed by atoms with Crippen molar-refractivity contribution in [2.24, 2.45) is 0 Å². The van der Waals surface area contributed by atoms with Gasteiger partial charge in [0.2, 0.25) is 0 Å². The van der Waals surface area contributed by atoms with Gasteiger partial charge < -0.3 is 14.4 Å². The molecule has 1 aromatic heterocycles. The molecule has 2 heterocycles. The van der Waals surface area contributed by atoms with E-state index in [1.54, 1.807) is 12.1 Å². The minimum atomic E-state index is -0.530. The van der Waals surface area contributed by atoms with Crippen molar-refractivity contribution in [3.05, 3.63) is 46.3 Å². The molecule has 1 atom stereocenters. The highest BCUT2D eigenvalue weighted by atomic mass is 16.5. The number of nitrogens with zero attached hydrogens (tertiary/aromatic N) is 2. The van der Waals surface area contributed by atoms with E-state index < -0.39 is 5.97 Å². The third kappa shape index (κ3) is 3.01. The van der Waals surface area contributed by atoms with Crippen LogP contribution in [-0.2, 0) is 11.3 Å². The molecule has 1 saturated heterocycles. The number of rotatable bonds is 4. The molecule has 128 valence electrons. The highest BCUT2D eigenvalue weighted by molar-refractivity contribution is 5.92. The van der Waals surface area contributed by atoms with Gasteiger partial charge in [-0.05, 0) is 50.9 Å². The van der Waals surface area contributed by atoms with Crippen molar-refractivity contribution in [1.29, 1.82) is 0 Å². The van der Waals surface area contributed by atoms with Gasteiger partial charge in [0.1, 0.15) is 17.1 Å². The molecule has 1 N–H and O–H groups in total. The van der Waals surface area contributed by atoms with Gasteiger partial charge in [-0.3, -0.25) is 4.90 Å². The lowest BCUT2D eigenvalue weighted by molar-refractivity contribution is 0.0597. The molecule has 0 aliphatic carbocycles. The number of aromatic hydroxyl groups is 1. The van der Waals surface area contributed by atoms with E-state index in [0.717, 1.165) is 36.4 Å². The van der Waals surface area contributed by atoms with Crippen LogP contribution in [0, 0.1) is 13.8 Å². The van der Waals surface area contributed by atoms with E-state index in [2.05, 4.69) is 10.1 Å². The molecular weight excluding hydrogens is 308 g/mol. The fraction of sp³-hybridized carbons (Fsp3) is 0.444. The predicted octanol–water partition coefficient (Wildman–Crippen LogP) is 3.12. The zero-order valence-electron chi connectivity index (χ0n) is 14.2. The SMILES string of the molecule is COC(=O)c1cc(CN2CCC[C@@H]2c2c(C)noc2C)ccc1O. The van der Waals surface area contributed by atoms with E-state index in [1.807, 2.05) is 19.9 Å². The van der Waals surface area contributed by atoms with Crippen molar-refractivity contribution < 1.29 is 19.2 Å². The summed E-state index contributed by atoms with van der Waals surface area (Å²) >= 11 is 0. The second kappa shape index (κ2) is 6.65. The Morgan fingerprint density at radius 2 is 2.25 bits per heavy atom. The Labute approximate surface area is 141 Å². The lowest BCUT2D eigenvalue weighted by Crippen LogP contribution is -2.23. The molecule has 24 heavy (non-hydrogen) atoms. The summed E-state index contributed by atoms with van der Waals surface area (Å²) in [6, 6.07) is 5.35. The largest absolute Gasteiger partial charge is 0.507 e. The summed E-state index contributed by atoms with van der Waals surface area (Å²) < 4.78 is 10.0. The van der Waals surface area contributed by atoms with Crippen LogP contribution in [0.3, 0.4) is 0 Å². The van der Waals surface area contributed by atoms with Gasteiger partial charge in [-0.15, -0.1) is 0 Å². The Hall–Kier alpha value is -2.34. The zero-order chi connectivity index (χ0) is 17.3. The Kier molecular flexibility index (Phi) is 4.57. The summed E-state index contributed by atoms with van der Waals surface area (Å²) in [5.41, 5.74) is 3.26. The van der Waals surface area contributed by atoms with Crippen LogP contribution < -0.4 is 0 Å². The highest BCUT2D eigenvalue weighted by Gasteiger charge is 2.30. The van der Waals surface area contributed by atoms with Gasteiger partial charge in [-0.2, -0.15) is 0 Å². The Morgan fingerprint density at radius 1 is 1.46 bits per heavy atom. The number of methoxy groups -OCH3 is 1.